The Kier molecular flexibility index (Phi) is 7.19. The second kappa shape index (κ2) is 8.64. The molecule has 0 spiro atoms. The molecule has 5 nitrogen and oxygen atoms in total. The van der Waals surface area contributed by atoms with Crippen molar-refractivity contribution in [2.45, 2.75) is 18.9 Å². The molecule has 0 aromatic heterocycles. The number of hydrogen-bond acceptors (Lipinski definition) is 3. The Bertz CT molecular complexity index is 467. The van der Waals surface area contributed by atoms with Crippen LogP contribution in [0.1, 0.15) is 24.4 Å². The first-order valence-corrected chi connectivity index (χ1v) is 6.98. The van der Waals surface area contributed by atoms with Gasteiger partial charge in [-0.3, -0.25) is 9.59 Å². The van der Waals surface area contributed by atoms with Crippen molar-refractivity contribution >= 4 is 24.2 Å². The zero-order chi connectivity index (χ0) is 14.4. The summed E-state index contributed by atoms with van der Waals surface area (Å²) in [5.74, 6) is 0.0903. The molecule has 21 heavy (non-hydrogen) atoms. The highest BCUT2D eigenvalue weighted by Gasteiger charge is 2.29. The number of carbonyl (C=O) groups excluding carboxylic acids is 2. The summed E-state index contributed by atoms with van der Waals surface area (Å²) in [7, 11) is 1.83. The lowest BCUT2D eigenvalue weighted by molar-refractivity contribution is -0.133. The quantitative estimate of drug-likeness (QED) is 0.875. The fourth-order valence-electron chi connectivity index (χ4n) is 2.48. The maximum Gasteiger partial charge on any atom is 0.224 e. The fraction of sp³-hybridized carbons (Fsp3) is 0.467. The number of benzene rings is 1. The number of carbonyl (C=O) groups is 2. The lowest BCUT2D eigenvalue weighted by atomic mass is 10.0. The van der Waals surface area contributed by atoms with E-state index in [2.05, 4.69) is 10.6 Å². The number of rotatable bonds is 4. The van der Waals surface area contributed by atoms with Crippen LogP contribution in [-0.4, -0.2) is 43.4 Å². The van der Waals surface area contributed by atoms with E-state index in [0.29, 0.717) is 32.5 Å². The molecule has 6 heteroatoms. The number of amides is 2. The topological polar surface area (TPSA) is 61.4 Å². The summed E-state index contributed by atoms with van der Waals surface area (Å²) in [5.41, 5.74) is 1.02. The second-order valence-electron chi connectivity index (χ2n) is 4.92. The van der Waals surface area contributed by atoms with Crippen molar-refractivity contribution in [2.75, 3.05) is 26.7 Å². The summed E-state index contributed by atoms with van der Waals surface area (Å²) in [4.78, 5) is 26.0. The monoisotopic (exact) mass is 311 g/mol. The fourth-order valence-corrected chi connectivity index (χ4v) is 2.48. The average molecular weight is 312 g/mol. The van der Waals surface area contributed by atoms with Crippen molar-refractivity contribution in [3.05, 3.63) is 35.9 Å². The standard InChI is InChI=1S/C15H21N3O2.ClH/c1-16-8-7-15(20)18-10-9-17-14(19)11-13(18)12-5-3-2-4-6-12;/h2-6,13,16H,7-11H2,1H3,(H,17,19);1H. The van der Waals surface area contributed by atoms with E-state index in [1.54, 1.807) is 0 Å². The van der Waals surface area contributed by atoms with Crippen molar-refractivity contribution in [3.8, 4) is 0 Å². The molecule has 1 saturated heterocycles. The summed E-state index contributed by atoms with van der Waals surface area (Å²) in [6.45, 7) is 1.74. The molecule has 0 radical (unpaired) electrons. The molecule has 1 aromatic rings. The van der Waals surface area contributed by atoms with Gasteiger partial charge in [-0.25, -0.2) is 0 Å². The van der Waals surface area contributed by atoms with Crippen LogP contribution in [0.2, 0.25) is 0 Å². The molecule has 2 N–H and O–H groups in total. The summed E-state index contributed by atoms with van der Waals surface area (Å²) < 4.78 is 0. The summed E-state index contributed by atoms with van der Waals surface area (Å²) in [6, 6.07) is 9.60. The van der Waals surface area contributed by atoms with E-state index in [-0.39, 0.29) is 30.3 Å². The van der Waals surface area contributed by atoms with Gasteiger partial charge in [-0.2, -0.15) is 0 Å². The van der Waals surface area contributed by atoms with E-state index in [0.717, 1.165) is 5.56 Å². The van der Waals surface area contributed by atoms with Gasteiger partial charge in [-0.05, 0) is 12.6 Å². The van der Waals surface area contributed by atoms with Crippen molar-refractivity contribution in [3.63, 3.8) is 0 Å². The smallest absolute Gasteiger partial charge is 0.224 e. The van der Waals surface area contributed by atoms with Crippen LogP contribution < -0.4 is 10.6 Å². The Morgan fingerprint density at radius 1 is 1.38 bits per heavy atom. The second-order valence-corrected chi connectivity index (χ2v) is 4.92. The van der Waals surface area contributed by atoms with Gasteiger partial charge in [-0.1, -0.05) is 30.3 Å². The molecule has 0 aliphatic carbocycles. The van der Waals surface area contributed by atoms with E-state index in [9.17, 15) is 9.59 Å². The SMILES string of the molecule is CNCCC(=O)N1CCNC(=O)CC1c1ccccc1.Cl. The molecule has 2 amide bonds. The summed E-state index contributed by atoms with van der Waals surface area (Å²) in [5, 5.41) is 5.82. The van der Waals surface area contributed by atoms with Crippen LogP contribution in [0.15, 0.2) is 30.3 Å². The van der Waals surface area contributed by atoms with E-state index < -0.39 is 0 Å². The van der Waals surface area contributed by atoms with Gasteiger partial charge in [0.05, 0.1) is 12.5 Å². The summed E-state index contributed by atoms with van der Waals surface area (Å²) >= 11 is 0. The van der Waals surface area contributed by atoms with Crippen LogP contribution in [0, 0.1) is 0 Å². The van der Waals surface area contributed by atoms with Crippen molar-refractivity contribution in [1.82, 2.24) is 15.5 Å². The van der Waals surface area contributed by atoms with E-state index in [4.69, 9.17) is 0 Å². The zero-order valence-electron chi connectivity index (χ0n) is 12.2. The molecule has 1 fully saturated rings. The Balaban J connectivity index is 0.00000220. The highest BCUT2D eigenvalue weighted by molar-refractivity contribution is 5.85. The first kappa shape index (κ1) is 17.5. The minimum Gasteiger partial charge on any atom is -0.354 e. The molecular formula is C15H22ClN3O2. The van der Waals surface area contributed by atoms with Gasteiger partial charge >= 0.3 is 0 Å². The van der Waals surface area contributed by atoms with Crippen molar-refractivity contribution in [2.24, 2.45) is 0 Å². The first-order chi connectivity index (χ1) is 9.72. The molecule has 0 bridgehead atoms. The third-order valence-electron chi connectivity index (χ3n) is 3.52. The third kappa shape index (κ3) is 4.72. The highest BCUT2D eigenvalue weighted by atomic mass is 35.5. The third-order valence-corrected chi connectivity index (χ3v) is 3.52. The van der Waals surface area contributed by atoms with Gasteiger partial charge in [0.2, 0.25) is 11.8 Å². The Hall–Kier alpha value is -1.59. The average Bonchev–Trinajstić information content (AvgIpc) is 2.67. The van der Waals surface area contributed by atoms with E-state index in [1.807, 2.05) is 42.3 Å². The molecule has 0 saturated carbocycles. The highest BCUT2D eigenvalue weighted by Crippen LogP contribution is 2.26. The van der Waals surface area contributed by atoms with Gasteiger partial charge in [0, 0.05) is 26.1 Å². The number of nitrogens with one attached hydrogen (secondary N) is 2. The van der Waals surface area contributed by atoms with Crippen LogP contribution in [-0.2, 0) is 9.59 Å². The van der Waals surface area contributed by atoms with Crippen LogP contribution >= 0.6 is 12.4 Å². The Labute approximate surface area is 131 Å². The summed E-state index contributed by atoms with van der Waals surface area (Å²) in [6.07, 6.45) is 0.781. The molecule has 1 unspecified atom stereocenters. The molecule has 116 valence electrons. The predicted molar refractivity (Wildman–Crippen MR) is 84.3 cm³/mol. The lowest BCUT2D eigenvalue weighted by Crippen LogP contribution is -2.37. The van der Waals surface area contributed by atoms with Crippen molar-refractivity contribution in [1.29, 1.82) is 0 Å². The Morgan fingerprint density at radius 2 is 2.10 bits per heavy atom. The molecule has 1 heterocycles. The van der Waals surface area contributed by atoms with Gasteiger partial charge < -0.3 is 15.5 Å². The van der Waals surface area contributed by atoms with Crippen LogP contribution in [0.5, 0.6) is 0 Å². The number of nitrogens with zero attached hydrogens (tertiary/aromatic N) is 1. The molecule has 1 aliphatic rings. The number of halogens is 1. The molecule has 2 rings (SSSR count). The first-order valence-electron chi connectivity index (χ1n) is 6.98. The minimum atomic E-state index is -0.164. The molecule has 1 atom stereocenters. The van der Waals surface area contributed by atoms with Crippen molar-refractivity contribution < 1.29 is 9.59 Å². The van der Waals surface area contributed by atoms with Crippen LogP contribution in [0.3, 0.4) is 0 Å². The molecular weight excluding hydrogens is 290 g/mol. The van der Waals surface area contributed by atoms with Crippen LogP contribution in [0.25, 0.3) is 0 Å². The zero-order valence-corrected chi connectivity index (χ0v) is 13.0. The molecule has 1 aliphatic heterocycles. The van der Waals surface area contributed by atoms with Gasteiger partial charge in [-0.15, -0.1) is 12.4 Å². The van der Waals surface area contributed by atoms with Crippen LogP contribution in [0.4, 0.5) is 0 Å². The predicted octanol–water partition coefficient (Wildman–Crippen LogP) is 1.11. The van der Waals surface area contributed by atoms with Gasteiger partial charge in [0.25, 0.3) is 0 Å². The van der Waals surface area contributed by atoms with E-state index in [1.165, 1.54) is 0 Å². The van der Waals surface area contributed by atoms with E-state index >= 15 is 0 Å². The van der Waals surface area contributed by atoms with Gasteiger partial charge in [0.15, 0.2) is 0 Å². The van der Waals surface area contributed by atoms with Gasteiger partial charge in [0.1, 0.15) is 0 Å². The lowest BCUT2D eigenvalue weighted by Gasteiger charge is -2.29. The largest absolute Gasteiger partial charge is 0.354 e. The molecule has 1 aromatic carbocycles. The Morgan fingerprint density at radius 3 is 2.76 bits per heavy atom. The number of hydrogen-bond donors (Lipinski definition) is 2. The normalized spacial score (nSPS) is 18.4. The maximum atomic E-state index is 12.3. The maximum absolute atomic E-state index is 12.3. The minimum absolute atomic E-state index is 0.